The van der Waals surface area contributed by atoms with Crippen molar-refractivity contribution >= 4 is 46.6 Å². The van der Waals surface area contributed by atoms with Crippen molar-refractivity contribution in [1.29, 1.82) is 5.26 Å². The maximum atomic E-state index is 13.5. The second-order valence-corrected chi connectivity index (χ2v) is 9.28. The number of ether oxygens (including phenoxy) is 1. The van der Waals surface area contributed by atoms with Gasteiger partial charge in [0.05, 0.1) is 11.9 Å². The van der Waals surface area contributed by atoms with Crippen LogP contribution in [0.2, 0.25) is 5.02 Å². The first-order chi connectivity index (χ1) is 17.0. The van der Waals surface area contributed by atoms with Crippen molar-refractivity contribution in [3.8, 4) is 11.8 Å². The molecule has 1 atom stereocenters. The van der Waals surface area contributed by atoms with Crippen LogP contribution in [-0.2, 0) is 16.0 Å². The van der Waals surface area contributed by atoms with E-state index in [1.807, 2.05) is 37.3 Å². The van der Waals surface area contributed by atoms with Gasteiger partial charge in [-0.15, -0.1) is 0 Å². The molecule has 0 bridgehead atoms. The number of carbonyl (C=O) groups is 2. The Morgan fingerprint density at radius 1 is 1.11 bits per heavy atom. The smallest absolute Gasteiger partial charge is 0.269 e. The fourth-order valence-electron chi connectivity index (χ4n) is 3.67. The van der Waals surface area contributed by atoms with E-state index in [-0.39, 0.29) is 11.5 Å². The van der Waals surface area contributed by atoms with E-state index in [1.165, 1.54) is 16.7 Å². The van der Waals surface area contributed by atoms with Gasteiger partial charge in [0.15, 0.2) is 0 Å². The summed E-state index contributed by atoms with van der Waals surface area (Å²) in [6.45, 7) is 2.42. The van der Waals surface area contributed by atoms with E-state index in [0.717, 1.165) is 5.56 Å². The topological polar surface area (TPSA) is 82.4 Å². The Labute approximate surface area is 213 Å². The highest BCUT2D eigenvalue weighted by Crippen LogP contribution is 2.42. The minimum absolute atomic E-state index is 0.130. The molecule has 0 unspecified atom stereocenters. The van der Waals surface area contributed by atoms with Crippen molar-refractivity contribution in [3.05, 3.63) is 100 Å². The molecular formula is C27H22ClN3O3S. The van der Waals surface area contributed by atoms with E-state index in [2.05, 4.69) is 5.32 Å². The van der Waals surface area contributed by atoms with Gasteiger partial charge in [-0.1, -0.05) is 53.7 Å². The van der Waals surface area contributed by atoms with Crippen LogP contribution in [0.1, 0.15) is 12.5 Å². The lowest BCUT2D eigenvalue weighted by atomic mass is 10.1. The highest BCUT2D eigenvalue weighted by atomic mass is 35.5. The Morgan fingerprint density at radius 3 is 2.51 bits per heavy atom. The van der Waals surface area contributed by atoms with Crippen molar-refractivity contribution in [2.75, 3.05) is 16.8 Å². The first-order valence-corrected chi connectivity index (χ1v) is 12.2. The van der Waals surface area contributed by atoms with Gasteiger partial charge < -0.3 is 10.1 Å². The number of para-hydroxylation sites is 1. The average molecular weight is 504 g/mol. The number of anilines is 2. The number of thioether (sulfide) groups is 1. The van der Waals surface area contributed by atoms with Crippen LogP contribution in [0.5, 0.6) is 5.75 Å². The Kier molecular flexibility index (Phi) is 7.76. The van der Waals surface area contributed by atoms with Crippen molar-refractivity contribution < 1.29 is 14.3 Å². The first-order valence-electron chi connectivity index (χ1n) is 11.0. The molecule has 0 radical (unpaired) electrons. The van der Waals surface area contributed by atoms with Gasteiger partial charge in [-0.2, -0.15) is 5.26 Å². The average Bonchev–Trinajstić information content (AvgIpc) is 3.17. The van der Waals surface area contributed by atoms with E-state index in [4.69, 9.17) is 16.3 Å². The molecule has 4 rings (SSSR count). The molecule has 0 saturated carbocycles. The SMILES string of the molecule is CCOc1ccc(NC(=O)/C(C#N)=C2/S[C@@H](Cc3cccc(Cl)c3)C(=O)N2c2ccccc2)cc1. The van der Waals surface area contributed by atoms with Crippen molar-refractivity contribution in [3.63, 3.8) is 0 Å². The van der Waals surface area contributed by atoms with Crippen LogP contribution in [0, 0.1) is 11.3 Å². The number of carbonyl (C=O) groups excluding carboxylic acids is 2. The molecule has 6 nitrogen and oxygen atoms in total. The van der Waals surface area contributed by atoms with Crippen LogP contribution in [0.4, 0.5) is 11.4 Å². The summed E-state index contributed by atoms with van der Waals surface area (Å²) in [4.78, 5) is 28.1. The molecule has 1 heterocycles. The van der Waals surface area contributed by atoms with Gasteiger partial charge in [-0.05, 0) is 67.4 Å². The number of halogens is 1. The third-order valence-electron chi connectivity index (χ3n) is 5.25. The zero-order valence-electron chi connectivity index (χ0n) is 18.9. The number of benzene rings is 3. The third-order valence-corrected chi connectivity index (χ3v) is 6.75. The second kappa shape index (κ2) is 11.1. The quantitative estimate of drug-likeness (QED) is 0.325. The molecular weight excluding hydrogens is 482 g/mol. The van der Waals surface area contributed by atoms with Gasteiger partial charge in [0.2, 0.25) is 5.91 Å². The fraction of sp³-hybridized carbons (Fsp3) is 0.148. The van der Waals surface area contributed by atoms with Gasteiger partial charge in [0, 0.05) is 16.4 Å². The monoisotopic (exact) mass is 503 g/mol. The fourth-order valence-corrected chi connectivity index (χ4v) is 5.19. The zero-order valence-corrected chi connectivity index (χ0v) is 20.5. The summed E-state index contributed by atoms with van der Waals surface area (Å²) in [6.07, 6.45) is 0.413. The molecule has 3 aromatic carbocycles. The predicted molar refractivity (Wildman–Crippen MR) is 139 cm³/mol. The molecule has 1 aliphatic heterocycles. The van der Waals surface area contributed by atoms with Gasteiger partial charge in [-0.25, -0.2) is 0 Å². The van der Waals surface area contributed by atoms with Crippen molar-refractivity contribution in [1.82, 2.24) is 0 Å². The minimum atomic E-state index is -0.587. The molecule has 8 heteroatoms. The van der Waals surface area contributed by atoms with Crippen LogP contribution in [0.15, 0.2) is 89.5 Å². The summed E-state index contributed by atoms with van der Waals surface area (Å²) < 4.78 is 5.43. The molecule has 2 amide bonds. The predicted octanol–water partition coefficient (Wildman–Crippen LogP) is 5.80. The van der Waals surface area contributed by atoms with Crippen LogP contribution in [0.25, 0.3) is 0 Å². The lowest BCUT2D eigenvalue weighted by Crippen LogP contribution is -2.30. The zero-order chi connectivity index (χ0) is 24.8. The Hall–Kier alpha value is -3.73. The van der Waals surface area contributed by atoms with Crippen LogP contribution in [0.3, 0.4) is 0 Å². The number of nitrogens with one attached hydrogen (secondary N) is 1. The number of amides is 2. The summed E-state index contributed by atoms with van der Waals surface area (Å²) >= 11 is 7.34. The van der Waals surface area contributed by atoms with Crippen molar-refractivity contribution in [2.24, 2.45) is 0 Å². The molecule has 176 valence electrons. The molecule has 1 N–H and O–H groups in total. The lowest BCUT2D eigenvalue weighted by molar-refractivity contribution is -0.117. The highest BCUT2D eigenvalue weighted by Gasteiger charge is 2.40. The molecule has 1 saturated heterocycles. The number of nitriles is 1. The van der Waals surface area contributed by atoms with Gasteiger partial charge in [0.25, 0.3) is 5.91 Å². The Bertz CT molecular complexity index is 1300. The third kappa shape index (κ3) is 5.68. The highest BCUT2D eigenvalue weighted by molar-refractivity contribution is 8.05. The standard InChI is InChI=1S/C27H22ClN3O3S/c1-2-34-22-13-11-20(12-14-22)30-25(32)23(17-29)27-31(21-9-4-3-5-10-21)26(33)24(35-27)16-18-7-6-8-19(28)15-18/h3-15,24H,2,16H2,1H3,(H,30,32)/b27-23+/t24-/m0/s1. The summed E-state index contributed by atoms with van der Waals surface area (Å²) in [7, 11) is 0. The van der Waals surface area contributed by atoms with Gasteiger partial charge in [0.1, 0.15) is 22.4 Å². The second-order valence-electron chi connectivity index (χ2n) is 7.65. The van der Waals surface area contributed by atoms with Gasteiger partial charge in [-0.3, -0.25) is 14.5 Å². The normalized spacial score (nSPS) is 16.5. The maximum absolute atomic E-state index is 13.5. The molecule has 1 aliphatic rings. The van der Waals surface area contributed by atoms with Gasteiger partial charge >= 0.3 is 0 Å². The molecule has 35 heavy (non-hydrogen) atoms. The number of nitrogens with zero attached hydrogens (tertiary/aromatic N) is 2. The van der Waals surface area contributed by atoms with E-state index < -0.39 is 11.2 Å². The molecule has 1 fully saturated rings. The summed E-state index contributed by atoms with van der Waals surface area (Å²) in [5, 5.41) is 13.1. The van der Waals surface area contributed by atoms with Crippen LogP contribution >= 0.6 is 23.4 Å². The van der Waals surface area contributed by atoms with E-state index in [9.17, 15) is 14.9 Å². The van der Waals surface area contributed by atoms with E-state index in [0.29, 0.717) is 40.2 Å². The number of rotatable bonds is 7. The van der Waals surface area contributed by atoms with E-state index >= 15 is 0 Å². The maximum Gasteiger partial charge on any atom is 0.269 e. The van der Waals surface area contributed by atoms with Crippen molar-refractivity contribution in [2.45, 2.75) is 18.6 Å². The lowest BCUT2D eigenvalue weighted by Gasteiger charge is -2.18. The Balaban J connectivity index is 1.66. The minimum Gasteiger partial charge on any atom is -0.494 e. The van der Waals surface area contributed by atoms with Crippen LogP contribution in [-0.4, -0.2) is 23.7 Å². The molecule has 3 aromatic rings. The van der Waals surface area contributed by atoms with E-state index in [1.54, 1.807) is 54.6 Å². The molecule has 0 aliphatic carbocycles. The summed E-state index contributed by atoms with van der Waals surface area (Å²) in [5.74, 6) is -0.102. The largest absolute Gasteiger partial charge is 0.494 e. The molecule has 0 aromatic heterocycles. The summed E-state index contributed by atoms with van der Waals surface area (Å²) in [5.41, 5.74) is 1.88. The van der Waals surface area contributed by atoms with Crippen LogP contribution < -0.4 is 15.0 Å². The summed E-state index contributed by atoms with van der Waals surface area (Å²) in [6, 6.07) is 25.2. The molecule has 0 spiro atoms. The number of hydrogen-bond acceptors (Lipinski definition) is 5. The first kappa shape index (κ1) is 24.4. The number of hydrogen-bond donors (Lipinski definition) is 1. The Morgan fingerprint density at radius 2 is 1.86 bits per heavy atom.